The predicted molar refractivity (Wildman–Crippen MR) is 73.6 cm³/mol. The molecule has 0 aliphatic rings. The van der Waals surface area contributed by atoms with E-state index in [4.69, 9.17) is 5.11 Å². The topological polar surface area (TPSA) is 104 Å². The number of carboxylic acid groups (broad SMARTS) is 1. The quantitative estimate of drug-likeness (QED) is 0.786. The minimum Gasteiger partial charge on any atom is -0.475 e. The number of rotatable bonds is 4. The number of hydrogen-bond acceptors (Lipinski definition) is 5. The number of aromatic nitrogens is 4. The van der Waals surface area contributed by atoms with Crippen LogP contribution in [-0.4, -0.2) is 31.2 Å². The molecule has 7 nitrogen and oxygen atoms in total. The molecule has 0 radical (unpaired) electrons. The van der Waals surface area contributed by atoms with E-state index in [0.717, 1.165) is 5.69 Å². The first-order valence-corrected chi connectivity index (χ1v) is 6.21. The third-order valence-corrected chi connectivity index (χ3v) is 2.70. The number of aromatic carboxylic acids is 1. The normalized spacial score (nSPS) is 11.3. The highest BCUT2D eigenvalue weighted by Gasteiger charge is 2.20. The molecule has 0 atom stereocenters. The summed E-state index contributed by atoms with van der Waals surface area (Å²) in [5.41, 5.74) is 1.31. The molecule has 0 spiro atoms. The molecule has 0 aliphatic heterocycles. The SMILES string of the molecule is CC(C)(C)c1cc(NCc2ccn[nH]2)nc(C(=O)O)n1. The lowest BCUT2D eigenvalue weighted by Crippen LogP contribution is -2.18. The van der Waals surface area contributed by atoms with Crippen LogP contribution in [-0.2, 0) is 12.0 Å². The van der Waals surface area contributed by atoms with Crippen molar-refractivity contribution >= 4 is 11.8 Å². The van der Waals surface area contributed by atoms with Crippen LogP contribution < -0.4 is 5.32 Å². The van der Waals surface area contributed by atoms with Crippen molar-refractivity contribution in [2.75, 3.05) is 5.32 Å². The van der Waals surface area contributed by atoms with Crippen LogP contribution in [0.15, 0.2) is 18.3 Å². The molecule has 2 rings (SSSR count). The van der Waals surface area contributed by atoms with Crippen molar-refractivity contribution in [3.8, 4) is 0 Å². The second-order valence-corrected chi connectivity index (χ2v) is 5.45. The number of nitrogens with one attached hydrogen (secondary N) is 2. The van der Waals surface area contributed by atoms with Gasteiger partial charge in [0.15, 0.2) is 0 Å². The summed E-state index contributed by atoms with van der Waals surface area (Å²) in [6.45, 7) is 6.40. The number of carbonyl (C=O) groups is 1. The molecule has 0 fully saturated rings. The first-order valence-electron chi connectivity index (χ1n) is 6.21. The van der Waals surface area contributed by atoms with E-state index in [2.05, 4.69) is 25.5 Å². The van der Waals surface area contributed by atoms with Gasteiger partial charge < -0.3 is 10.4 Å². The van der Waals surface area contributed by atoms with Gasteiger partial charge in [-0.1, -0.05) is 20.8 Å². The monoisotopic (exact) mass is 275 g/mol. The van der Waals surface area contributed by atoms with Gasteiger partial charge in [0.2, 0.25) is 5.82 Å². The fourth-order valence-corrected chi connectivity index (χ4v) is 1.59. The molecule has 0 saturated carbocycles. The average Bonchev–Trinajstić information content (AvgIpc) is 2.88. The van der Waals surface area contributed by atoms with Gasteiger partial charge in [0.05, 0.1) is 17.9 Å². The van der Waals surface area contributed by atoms with Crippen LogP contribution >= 0.6 is 0 Å². The van der Waals surface area contributed by atoms with Crippen molar-refractivity contribution < 1.29 is 9.90 Å². The lowest BCUT2D eigenvalue weighted by molar-refractivity contribution is 0.0683. The molecule has 0 amide bonds. The summed E-state index contributed by atoms with van der Waals surface area (Å²) in [6.07, 6.45) is 1.65. The van der Waals surface area contributed by atoms with Gasteiger partial charge in [0.1, 0.15) is 5.82 Å². The summed E-state index contributed by atoms with van der Waals surface area (Å²) in [7, 11) is 0. The molecule has 106 valence electrons. The van der Waals surface area contributed by atoms with Crippen LogP contribution in [0.1, 0.15) is 42.8 Å². The Labute approximate surface area is 116 Å². The second kappa shape index (κ2) is 5.28. The maximum absolute atomic E-state index is 11.1. The van der Waals surface area contributed by atoms with Crippen LogP contribution in [0.2, 0.25) is 0 Å². The second-order valence-electron chi connectivity index (χ2n) is 5.45. The fraction of sp³-hybridized carbons (Fsp3) is 0.385. The molecular formula is C13H17N5O2. The number of hydrogen-bond donors (Lipinski definition) is 3. The van der Waals surface area contributed by atoms with Crippen molar-refractivity contribution in [2.24, 2.45) is 0 Å². The molecule has 0 aromatic carbocycles. The highest BCUT2D eigenvalue weighted by Crippen LogP contribution is 2.22. The lowest BCUT2D eigenvalue weighted by atomic mass is 9.92. The van der Waals surface area contributed by atoms with Crippen molar-refractivity contribution in [1.29, 1.82) is 0 Å². The Balaban J connectivity index is 2.27. The Hall–Kier alpha value is -2.44. The van der Waals surface area contributed by atoms with Gasteiger partial charge in [-0.25, -0.2) is 14.8 Å². The molecule has 20 heavy (non-hydrogen) atoms. The van der Waals surface area contributed by atoms with Gasteiger partial charge in [-0.3, -0.25) is 5.10 Å². The number of anilines is 1. The third-order valence-electron chi connectivity index (χ3n) is 2.70. The van der Waals surface area contributed by atoms with E-state index in [-0.39, 0.29) is 11.2 Å². The van der Waals surface area contributed by atoms with Crippen molar-refractivity contribution in [3.05, 3.63) is 35.5 Å². The van der Waals surface area contributed by atoms with Crippen molar-refractivity contribution in [2.45, 2.75) is 32.7 Å². The highest BCUT2D eigenvalue weighted by molar-refractivity contribution is 5.83. The Morgan fingerprint density at radius 1 is 1.40 bits per heavy atom. The molecule has 3 N–H and O–H groups in total. The van der Waals surface area contributed by atoms with E-state index in [9.17, 15) is 4.79 Å². The van der Waals surface area contributed by atoms with Gasteiger partial charge in [-0.2, -0.15) is 5.10 Å². The molecule has 0 saturated heterocycles. The molecule has 0 unspecified atom stereocenters. The van der Waals surface area contributed by atoms with Gasteiger partial charge in [0.25, 0.3) is 0 Å². The molecule has 2 aromatic rings. The zero-order chi connectivity index (χ0) is 14.8. The molecule has 0 aliphatic carbocycles. The smallest absolute Gasteiger partial charge is 0.374 e. The summed E-state index contributed by atoms with van der Waals surface area (Å²) in [4.78, 5) is 19.2. The van der Waals surface area contributed by atoms with Gasteiger partial charge in [-0.15, -0.1) is 0 Å². The third kappa shape index (κ3) is 3.31. The molecular weight excluding hydrogens is 258 g/mol. The fourth-order valence-electron chi connectivity index (χ4n) is 1.59. The lowest BCUT2D eigenvalue weighted by Gasteiger charge is -2.19. The van der Waals surface area contributed by atoms with Crippen molar-refractivity contribution in [1.82, 2.24) is 20.2 Å². The highest BCUT2D eigenvalue weighted by atomic mass is 16.4. The maximum atomic E-state index is 11.1. The van der Waals surface area contributed by atoms with Gasteiger partial charge in [-0.05, 0) is 6.07 Å². The Morgan fingerprint density at radius 3 is 2.70 bits per heavy atom. The number of carboxylic acids is 1. The van der Waals surface area contributed by atoms with Crippen molar-refractivity contribution in [3.63, 3.8) is 0 Å². The summed E-state index contributed by atoms with van der Waals surface area (Å²) in [5, 5.41) is 18.8. The number of nitrogens with zero attached hydrogens (tertiary/aromatic N) is 3. The molecule has 2 heterocycles. The molecule has 2 aromatic heterocycles. The first kappa shape index (κ1) is 14.0. The molecule has 7 heteroatoms. The van der Waals surface area contributed by atoms with Gasteiger partial charge in [0, 0.05) is 17.7 Å². The minimum absolute atomic E-state index is 0.204. The summed E-state index contributed by atoms with van der Waals surface area (Å²) >= 11 is 0. The summed E-state index contributed by atoms with van der Waals surface area (Å²) in [5.74, 6) is -0.859. The largest absolute Gasteiger partial charge is 0.475 e. The van der Waals surface area contributed by atoms with E-state index in [1.807, 2.05) is 26.8 Å². The van der Waals surface area contributed by atoms with Crippen LogP contribution in [0, 0.1) is 0 Å². The summed E-state index contributed by atoms with van der Waals surface area (Å²) in [6, 6.07) is 3.60. The average molecular weight is 275 g/mol. The number of H-pyrrole nitrogens is 1. The van der Waals surface area contributed by atoms with E-state index in [1.54, 1.807) is 12.3 Å². The van der Waals surface area contributed by atoms with Crippen LogP contribution in [0.5, 0.6) is 0 Å². The Morgan fingerprint density at radius 2 is 2.15 bits per heavy atom. The molecule has 0 bridgehead atoms. The van der Waals surface area contributed by atoms with E-state index >= 15 is 0 Å². The van der Waals surface area contributed by atoms with Crippen LogP contribution in [0.3, 0.4) is 0 Å². The van der Waals surface area contributed by atoms with Gasteiger partial charge >= 0.3 is 5.97 Å². The zero-order valence-electron chi connectivity index (χ0n) is 11.6. The summed E-state index contributed by atoms with van der Waals surface area (Å²) < 4.78 is 0. The van der Waals surface area contributed by atoms with E-state index in [0.29, 0.717) is 18.1 Å². The Bertz CT molecular complexity index is 602. The Kier molecular flexibility index (Phi) is 3.69. The zero-order valence-corrected chi connectivity index (χ0v) is 11.6. The number of aromatic amines is 1. The first-order chi connectivity index (χ1) is 9.36. The van der Waals surface area contributed by atoms with E-state index < -0.39 is 5.97 Å². The maximum Gasteiger partial charge on any atom is 0.374 e. The van der Waals surface area contributed by atoms with Crippen LogP contribution in [0.25, 0.3) is 0 Å². The predicted octanol–water partition coefficient (Wildman–Crippen LogP) is 1.81. The minimum atomic E-state index is -1.14. The van der Waals surface area contributed by atoms with Crippen LogP contribution in [0.4, 0.5) is 5.82 Å². The van der Waals surface area contributed by atoms with E-state index in [1.165, 1.54) is 0 Å². The standard InChI is InChI=1S/C13H17N5O2/c1-13(2,3)9-6-10(17-11(16-9)12(19)20)14-7-8-4-5-15-18-8/h4-6H,7H2,1-3H3,(H,15,18)(H,19,20)(H,14,16,17).